The summed E-state index contributed by atoms with van der Waals surface area (Å²) < 4.78 is 0. The highest BCUT2D eigenvalue weighted by Crippen LogP contribution is 2.30. The Kier molecular flexibility index (Phi) is 7.68. The van der Waals surface area contributed by atoms with E-state index >= 15 is 0 Å². The number of rotatable bonds is 8. The van der Waals surface area contributed by atoms with Crippen molar-refractivity contribution in [3.8, 4) is 0 Å². The van der Waals surface area contributed by atoms with Crippen LogP contribution < -0.4 is 5.32 Å². The Morgan fingerprint density at radius 1 is 1.06 bits per heavy atom. The summed E-state index contributed by atoms with van der Waals surface area (Å²) in [6, 6.07) is 24.9. The SMILES string of the molecule is Cc1cccc(CN2CCCC(C(NC(=O)CCc3ccccc3)c3ccccn3)C2)c1. The number of nitrogens with one attached hydrogen (secondary N) is 1. The van der Waals surface area contributed by atoms with E-state index in [1.54, 1.807) is 0 Å². The van der Waals surface area contributed by atoms with Crippen LogP contribution >= 0.6 is 0 Å². The molecule has 1 aliphatic heterocycles. The molecule has 1 amide bonds. The van der Waals surface area contributed by atoms with Gasteiger partial charge in [-0.2, -0.15) is 0 Å². The van der Waals surface area contributed by atoms with Crippen molar-refractivity contribution in [1.82, 2.24) is 15.2 Å². The second-order valence-electron chi connectivity index (χ2n) is 8.91. The van der Waals surface area contributed by atoms with Gasteiger partial charge in [0.05, 0.1) is 11.7 Å². The van der Waals surface area contributed by atoms with Gasteiger partial charge in [-0.15, -0.1) is 0 Å². The van der Waals surface area contributed by atoms with Gasteiger partial charge in [-0.1, -0.05) is 66.2 Å². The van der Waals surface area contributed by atoms with Crippen LogP contribution in [0.2, 0.25) is 0 Å². The third-order valence-corrected chi connectivity index (χ3v) is 6.31. The third kappa shape index (κ3) is 6.27. The van der Waals surface area contributed by atoms with Crippen molar-refractivity contribution in [2.75, 3.05) is 13.1 Å². The van der Waals surface area contributed by atoms with E-state index in [4.69, 9.17) is 0 Å². The number of hydrogen-bond acceptors (Lipinski definition) is 3. The van der Waals surface area contributed by atoms with Crippen LogP contribution in [0, 0.1) is 12.8 Å². The standard InChI is InChI=1S/C28H33N3O/c1-22-9-7-12-24(19-22)20-31-18-8-13-25(21-31)28(26-14-5-6-17-29-26)30-27(32)16-15-23-10-3-2-4-11-23/h2-7,9-12,14,17,19,25,28H,8,13,15-16,18,20-21H2,1H3,(H,30,32). The van der Waals surface area contributed by atoms with Crippen molar-refractivity contribution in [2.24, 2.45) is 5.92 Å². The van der Waals surface area contributed by atoms with E-state index in [-0.39, 0.29) is 11.9 Å². The van der Waals surface area contributed by atoms with Gasteiger partial charge in [0.2, 0.25) is 5.91 Å². The summed E-state index contributed by atoms with van der Waals surface area (Å²) in [5, 5.41) is 3.34. The van der Waals surface area contributed by atoms with E-state index in [2.05, 4.69) is 58.5 Å². The van der Waals surface area contributed by atoms with Crippen LogP contribution in [0.25, 0.3) is 0 Å². The Balaban J connectivity index is 1.43. The number of hydrogen-bond donors (Lipinski definition) is 1. The first-order valence-electron chi connectivity index (χ1n) is 11.7. The number of likely N-dealkylation sites (tertiary alicyclic amines) is 1. The summed E-state index contributed by atoms with van der Waals surface area (Å²) in [6.45, 7) is 5.16. The highest BCUT2D eigenvalue weighted by molar-refractivity contribution is 5.76. The third-order valence-electron chi connectivity index (χ3n) is 6.31. The van der Waals surface area contributed by atoms with Gasteiger partial charge in [0.1, 0.15) is 0 Å². The molecule has 1 fully saturated rings. The molecule has 1 aromatic heterocycles. The first-order valence-corrected chi connectivity index (χ1v) is 11.7. The Morgan fingerprint density at radius 3 is 2.66 bits per heavy atom. The fraction of sp³-hybridized carbons (Fsp3) is 0.357. The number of piperidine rings is 1. The van der Waals surface area contributed by atoms with E-state index in [0.717, 1.165) is 44.6 Å². The largest absolute Gasteiger partial charge is 0.347 e. The maximum Gasteiger partial charge on any atom is 0.220 e. The Labute approximate surface area is 191 Å². The molecule has 0 aliphatic carbocycles. The lowest BCUT2D eigenvalue weighted by Gasteiger charge is -2.37. The van der Waals surface area contributed by atoms with Gasteiger partial charge in [-0.3, -0.25) is 14.7 Å². The van der Waals surface area contributed by atoms with Gasteiger partial charge in [0.15, 0.2) is 0 Å². The number of aromatic nitrogens is 1. The number of benzene rings is 2. The molecule has 1 saturated heterocycles. The summed E-state index contributed by atoms with van der Waals surface area (Å²) >= 11 is 0. The Hall–Kier alpha value is -2.98. The molecular weight excluding hydrogens is 394 g/mol. The summed E-state index contributed by atoms with van der Waals surface area (Å²) in [5.41, 5.74) is 4.81. The zero-order chi connectivity index (χ0) is 22.2. The molecule has 166 valence electrons. The molecule has 4 rings (SSSR count). The monoisotopic (exact) mass is 427 g/mol. The van der Waals surface area contributed by atoms with E-state index in [1.807, 2.05) is 42.6 Å². The first-order chi connectivity index (χ1) is 15.7. The number of carbonyl (C=O) groups is 1. The smallest absolute Gasteiger partial charge is 0.220 e. The minimum absolute atomic E-state index is 0.0558. The molecule has 3 aromatic rings. The second kappa shape index (κ2) is 11.1. The molecule has 0 radical (unpaired) electrons. The lowest BCUT2D eigenvalue weighted by molar-refractivity contribution is -0.122. The van der Waals surface area contributed by atoms with Gasteiger partial charge in [0.25, 0.3) is 0 Å². The van der Waals surface area contributed by atoms with Crippen LogP contribution in [0.3, 0.4) is 0 Å². The lowest BCUT2D eigenvalue weighted by atomic mass is 9.88. The summed E-state index contributed by atoms with van der Waals surface area (Å²) in [6.07, 6.45) is 5.31. The fourth-order valence-electron chi connectivity index (χ4n) is 4.72. The van der Waals surface area contributed by atoms with Crippen LogP contribution in [0.5, 0.6) is 0 Å². The molecule has 32 heavy (non-hydrogen) atoms. The Morgan fingerprint density at radius 2 is 1.88 bits per heavy atom. The number of nitrogens with zero attached hydrogens (tertiary/aromatic N) is 2. The molecule has 2 heterocycles. The average molecular weight is 428 g/mol. The van der Waals surface area contributed by atoms with Crippen LogP contribution in [-0.4, -0.2) is 28.9 Å². The second-order valence-corrected chi connectivity index (χ2v) is 8.91. The predicted molar refractivity (Wildman–Crippen MR) is 129 cm³/mol. The van der Waals surface area contributed by atoms with Crippen LogP contribution in [0.4, 0.5) is 0 Å². The Bertz CT molecular complexity index is 990. The highest BCUT2D eigenvalue weighted by Gasteiger charge is 2.30. The molecule has 4 nitrogen and oxygen atoms in total. The van der Waals surface area contributed by atoms with Gasteiger partial charge in [-0.25, -0.2) is 0 Å². The zero-order valence-electron chi connectivity index (χ0n) is 18.9. The topological polar surface area (TPSA) is 45.2 Å². The van der Waals surface area contributed by atoms with Crippen LogP contribution in [0.15, 0.2) is 79.0 Å². The first kappa shape index (κ1) is 22.2. The number of carbonyl (C=O) groups excluding carboxylic acids is 1. The average Bonchev–Trinajstić information content (AvgIpc) is 2.83. The van der Waals surface area contributed by atoms with Crippen molar-refractivity contribution >= 4 is 5.91 Å². The van der Waals surface area contributed by atoms with Gasteiger partial charge in [0, 0.05) is 25.7 Å². The zero-order valence-corrected chi connectivity index (χ0v) is 18.9. The summed E-state index contributed by atoms with van der Waals surface area (Å²) in [5.74, 6) is 0.449. The van der Waals surface area contributed by atoms with Gasteiger partial charge < -0.3 is 5.32 Å². The van der Waals surface area contributed by atoms with Crippen molar-refractivity contribution in [1.29, 1.82) is 0 Å². The number of pyridine rings is 1. The van der Waals surface area contributed by atoms with Crippen molar-refractivity contribution < 1.29 is 4.79 Å². The van der Waals surface area contributed by atoms with E-state index in [9.17, 15) is 4.79 Å². The van der Waals surface area contributed by atoms with E-state index in [1.165, 1.54) is 16.7 Å². The molecule has 1 N–H and O–H groups in total. The molecule has 2 atom stereocenters. The number of amides is 1. The molecule has 0 spiro atoms. The molecule has 2 aromatic carbocycles. The predicted octanol–water partition coefficient (Wildman–Crippen LogP) is 5.09. The van der Waals surface area contributed by atoms with Gasteiger partial charge in [-0.05, 0) is 61.9 Å². The molecule has 1 aliphatic rings. The van der Waals surface area contributed by atoms with E-state index in [0.29, 0.717) is 12.3 Å². The van der Waals surface area contributed by atoms with Crippen LogP contribution in [0.1, 0.15) is 47.7 Å². The molecule has 2 unspecified atom stereocenters. The lowest BCUT2D eigenvalue weighted by Crippen LogP contribution is -2.43. The molecular formula is C28H33N3O. The maximum absolute atomic E-state index is 12.9. The molecule has 0 saturated carbocycles. The quantitative estimate of drug-likeness (QED) is 0.544. The minimum Gasteiger partial charge on any atom is -0.347 e. The number of aryl methyl sites for hydroxylation is 2. The minimum atomic E-state index is -0.0558. The highest BCUT2D eigenvalue weighted by atomic mass is 16.1. The van der Waals surface area contributed by atoms with Crippen LogP contribution in [-0.2, 0) is 17.8 Å². The maximum atomic E-state index is 12.9. The van der Waals surface area contributed by atoms with Gasteiger partial charge >= 0.3 is 0 Å². The molecule has 0 bridgehead atoms. The van der Waals surface area contributed by atoms with Crippen molar-refractivity contribution in [3.05, 3.63) is 101 Å². The van der Waals surface area contributed by atoms with Crippen molar-refractivity contribution in [2.45, 2.75) is 45.2 Å². The van der Waals surface area contributed by atoms with E-state index < -0.39 is 0 Å². The normalized spacial score (nSPS) is 17.6. The molecule has 4 heteroatoms. The van der Waals surface area contributed by atoms with Crippen molar-refractivity contribution in [3.63, 3.8) is 0 Å². The summed E-state index contributed by atoms with van der Waals surface area (Å²) in [4.78, 5) is 20.0. The summed E-state index contributed by atoms with van der Waals surface area (Å²) in [7, 11) is 0. The fourth-order valence-corrected chi connectivity index (χ4v) is 4.72.